The van der Waals surface area contributed by atoms with Crippen LogP contribution < -0.4 is 10.1 Å². The molecular weight excluding hydrogens is 370 g/mol. The molecule has 0 aliphatic heterocycles. The lowest BCUT2D eigenvalue weighted by Gasteiger charge is -2.14. The molecule has 0 aromatic heterocycles. The molecule has 0 heterocycles. The second-order valence-corrected chi connectivity index (χ2v) is 6.05. The molecule has 0 saturated carbocycles. The number of nitrogens with one attached hydrogen (secondary N) is 1. The fourth-order valence-corrected chi connectivity index (χ4v) is 2.26. The minimum absolute atomic E-state index is 0.185. The number of benzene rings is 2. The van der Waals surface area contributed by atoms with E-state index in [4.69, 9.17) is 25.8 Å². The van der Waals surface area contributed by atoms with Crippen LogP contribution in [-0.4, -0.2) is 37.8 Å². The molecule has 0 saturated heterocycles. The van der Waals surface area contributed by atoms with E-state index in [2.05, 4.69) is 5.32 Å². The minimum Gasteiger partial charge on any atom is -0.479 e. The second kappa shape index (κ2) is 10.5. The summed E-state index contributed by atoms with van der Waals surface area (Å²) < 4.78 is 15.7. The number of halogens is 1. The van der Waals surface area contributed by atoms with Gasteiger partial charge < -0.3 is 19.5 Å². The summed E-state index contributed by atoms with van der Waals surface area (Å²) >= 11 is 5.82. The van der Waals surface area contributed by atoms with Crippen molar-refractivity contribution in [3.63, 3.8) is 0 Å². The Labute approximate surface area is 163 Å². The standard InChI is InChI=1S/C20H22ClNO5/c1-3-25-12-13-26-20(24)14(2)27-18-10-4-15(5-11-18)19(23)22-17-8-6-16(21)7-9-17/h4-11,14H,3,12-13H2,1-2H3,(H,22,23)/t14-/m0/s1. The Hall–Kier alpha value is -2.57. The summed E-state index contributed by atoms with van der Waals surface area (Å²) in [4.78, 5) is 24.1. The lowest BCUT2D eigenvalue weighted by Crippen LogP contribution is -2.27. The normalized spacial score (nSPS) is 11.5. The summed E-state index contributed by atoms with van der Waals surface area (Å²) in [6.07, 6.45) is -0.764. The van der Waals surface area contributed by atoms with Gasteiger partial charge in [0.1, 0.15) is 12.4 Å². The SMILES string of the molecule is CCOCCOC(=O)[C@H](C)Oc1ccc(C(=O)Nc2ccc(Cl)cc2)cc1. The van der Waals surface area contributed by atoms with Crippen LogP contribution in [0.5, 0.6) is 5.75 Å². The van der Waals surface area contributed by atoms with Crippen molar-refractivity contribution in [2.24, 2.45) is 0 Å². The molecule has 0 bridgehead atoms. The third kappa shape index (κ3) is 6.92. The molecular formula is C20H22ClNO5. The van der Waals surface area contributed by atoms with E-state index in [1.165, 1.54) is 0 Å². The van der Waals surface area contributed by atoms with Crippen molar-refractivity contribution in [3.8, 4) is 5.75 Å². The Kier molecular flexibility index (Phi) is 8.10. The van der Waals surface area contributed by atoms with Gasteiger partial charge in [-0.25, -0.2) is 4.79 Å². The van der Waals surface area contributed by atoms with Crippen LogP contribution in [0.2, 0.25) is 5.02 Å². The van der Waals surface area contributed by atoms with Crippen molar-refractivity contribution in [2.45, 2.75) is 20.0 Å². The first-order valence-electron chi connectivity index (χ1n) is 8.57. The van der Waals surface area contributed by atoms with Gasteiger partial charge in [0.05, 0.1) is 6.61 Å². The first-order valence-corrected chi connectivity index (χ1v) is 8.95. The van der Waals surface area contributed by atoms with Gasteiger partial charge in [-0.2, -0.15) is 0 Å². The molecule has 6 nitrogen and oxygen atoms in total. The van der Waals surface area contributed by atoms with E-state index in [-0.39, 0.29) is 12.5 Å². The average Bonchev–Trinajstić information content (AvgIpc) is 2.67. The van der Waals surface area contributed by atoms with Crippen molar-refractivity contribution >= 4 is 29.2 Å². The number of hydrogen-bond donors (Lipinski definition) is 1. The van der Waals surface area contributed by atoms with E-state index >= 15 is 0 Å². The Balaban J connectivity index is 1.85. The van der Waals surface area contributed by atoms with Gasteiger partial charge in [0, 0.05) is 22.9 Å². The van der Waals surface area contributed by atoms with E-state index in [1.54, 1.807) is 55.5 Å². The number of carbonyl (C=O) groups is 2. The van der Waals surface area contributed by atoms with Gasteiger partial charge in [0.2, 0.25) is 0 Å². The topological polar surface area (TPSA) is 73.9 Å². The first kappa shape index (κ1) is 20.7. The fourth-order valence-electron chi connectivity index (χ4n) is 2.14. The van der Waals surface area contributed by atoms with Crippen molar-refractivity contribution < 1.29 is 23.8 Å². The van der Waals surface area contributed by atoms with Crippen LogP contribution >= 0.6 is 11.6 Å². The number of carbonyl (C=O) groups excluding carboxylic acids is 2. The summed E-state index contributed by atoms with van der Waals surface area (Å²) in [7, 11) is 0. The Morgan fingerprint density at radius 2 is 1.70 bits per heavy atom. The van der Waals surface area contributed by atoms with Gasteiger partial charge in [0.25, 0.3) is 5.91 Å². The number of rotatable bonds is 9. The molecule has 1 atom stereocenters. The highest BCUT2D eigenvalue weighted by molar-refractivity contribution is 6.30. The van der Waals surface area contributed by atoms with Gasteiger partial charge in [0.15, 0.2) is 6.10 Å². The van der Waals surface area contributed by atoms with Gasteiger partial charge in [-0.05, 0) is 62.4 Å². The van der Waals surface area contributed by atoms with Crippen molar-refractivity contribution in [1.82, 2.24) is 0 Å². The van der Waals surface area contributed by atoms with E-state index in [0.717, 1.165) is 0 Å². The monoisotopic (exact) mass is 391 g/mol. The molecule has 2 rings (SSSR count). The first-order chi connectivity index (χ1) is 13.0. The zero-order valence-electron chi connectivity index (χ0n) is 15.2. The summed E-state index contributed by atoms with van der Waals surface area (Å²) in [5.74, 6) is -0.265. The highest BCUT2D eigenvalue weighted by Crippen LogP contribution is 2.17. The van der Waals surface area contributed by atoms with Gasteiger partial charge in [-0.15, -0.1) is 0 Å². The number of anilines is 1. The summed E-state index contributed by atoms with van der Waals surface area (Å²) in [6.45, 7) is 4.58. The van der Waals surface area contributed by atoms with Crippen LogP contribution in [0.1, 0.15) is 24.2 Å². The Bertz CT molecular complexity index is 746. The highest BCUT2D eigenvalue weighted by atomic mass is 35.5. The maximum atomic E-state index is 12.2. The number of esters is 1. The molecule has 0 unspecified atom stereocenters. The smallest absolute Gasteiger partial charge is 0.347 e. The largest absolute Gasteiger partial charge is 0.479 e. The molecule has 7 heteroatoms. The number of ether oxygens (including phenoxy) is 3. The van der Waals surface area contributed by atoms with E-state index < -0.39 is 12.1 Å². The van der Waals surface area contributed by atoms with E-state index in [9.17, 15) is 9.59 Å². The number of amides is 1. The van der Waals surface area contributed by atoms with Gasteiger partial charge >= 0.3 is 5.97 Å². The molecule has 2 aromatic rings. The molecule has 27 heavy (non-hydrogen) atoms. The van der Waals surface area contributed by atoms with Crippen LogP contribution in [0.4, 0.5) is 5.69 Å². The lowest BCUT2D eigenvalue weighted by molar-refractivity contribution is -0.152. The Morgan fingerprint density at radius 1 is 1.04 bits per heavy atom. The predicted octanol–water partition coefficient (Wildman–Crippen LogP) is 3.94. The fraction of sp³-hybridized carbons (Fsp3) is 0.300. The molecule has 0 fully saturated rings. The maximum absolute atomic E-state index is 12.2. The zero-order chi connectivity index (χ0) is 19.6. The average molecular weight is 392 g/mol. The van der Waals surface area contributed by atoms with Crippen molar-refractivity contribution in [1.29, 1.82) is 0 Å². The zero-order valence-corrected chi connectivity index (χ0v) is 16.0. The molecule has 2 aromatic carbocycles. The highest BCUT2D eigenvalue weighted by Gasteiger charge is 2.16. The summed E-state index contributed by atoms with van der Waals surface area (Å²) in [5, 5.41) is 3.37. The quantitative estimate of drug-likeness (QED) is 0.517. The van der Waals surface area contributed by atoms with Crippen LogP contribution in [0.25, 0.3) is 0 Å². The van der Waals surface area contributed by atoms with E-state index in [1.807, 2.05) is 6.92 Å². The Morgan fingerprint density at radius 3 is 2.33 bits per heavy atom. The minimum atomic E-state index is -0.764. The van der Waals surface area contributed by atoms with Crippen molar-refractivity contribution in [2.75, 3.05) is 25.1 Å². The van der Waals surface area contributed by atoms with Crippen LogP contribution in [0.15, 0.2) is 48.5 Å². The maximum Gasteiger partial charge on any atom is 0.347 e. The lowest BCUT2D eigenvalue weighted by atomic mass is 10.2. The third-order valence-corrected chi connectivity index (χ3v) is 3.79. The second-order valence-electron chi connectivity index (χ2n) is 5.61. The van der Waals surface area contributed by atoms with E-state index in [0.29, 0.717) is 35.2 Å². The third-order valence-electron chi connectivity index (χ3n) is 3.54. The molecule has 1 N–H and O–H groups in total. The molecule has 0 aliphatic carbocycles. The molecule has 144 valence electrons. The van der Waals surface area contributed by atoms with Crippen LogP contribution in [0.3, 0.4) is 0 Å². The predicted molar refractivity (Wildman–Crippen MR) is 103 cm³/mol. The molecule has 0 radical (unpaired) electrons. The van der Waals surface area contributed by atoms with Gasteiger partial charge in [-0.3, -0.25) is 4.79 Å². The van der Waals surface area contributed by atoms with Gasteiger partial charge in [-0.1, -0.05) is 11.6 Å². The molecule has 1 amide bonds. The summed E-state index contributed by atoms with van der Waals surface area (Å²) in [5.41, 5.74) is 1.11. The number of hydrogen-bond acceptors (Lipinski definition) is 5. The van der Waals surface area contributed by atoms with Crippen LogP contribution in [-0.2, 0) is 14.3 Å². The molecule has 0 aliphatic rings. The van der Waals surface area contributed by atoms with Crippen molar-refractivity contribution in [3.05, 3.63) is 59.1 Å². The van der Waals surface area contributed by atoms with Crippen LogP contribution in [0, 0.1) is 0 Å². The summed E-state index contributed by atoms with van der Waals surface area (Å²) in [6, 6.07) is 13.3. The molecule has 0 spiro atoms.